The molecule has 1 aliphatic heterocycles. The van der Waals surface area contributed by atoms with Gasteiger partial charge in [-0.15, -0.1) is 0 Å². The first-order chi connectivity index (χ1) is 9.60. The van der Waals surface area contributed by atoms with Crippen LogP contribution in [0.1, 0.15) is 31.9 Å². The van der Waals surface area contributed by atoms with Crippen molar-refractivity contribution in [2.45, 2.75) is 38.5 Å². The minimum atomic E-state index is 0.343. The van der Waals surface area contributed by atoms with Crippen LogP contribution in [0, 0.1) is 0 Å². The molecule has 20 heavy (non-hydrogen) atoms. The lowest BCUT2D eigenvalue weighted by molar-refractivity contribution is -0.0685. The summed E-state index contributed by atoms with van der Waals surface area (Å²) in [7, 11) is 2.04. The Bertz CT molecular complexity index is 417. The van der Waals surface area contributed by atoms with Gasteiger partial charge in [-0.25, -0.2) is 0 Å². The van der Waals surface area contributed by atoms with Crippen molar-refractivity contribution >= 4 is 15.9 Å². The maximum Gasteiger partial charge on any atom is 0.0678 e. The van der Waals surface area contributed by atoms with Gasteiger partial charge in [0.15, 0.2) is 0 Å². The second-order valence-electron chi connectivity index (χ2n) is 5.67. The normalized spacial score (nSPS) is 25.6. The van der Waals surface area contributed by atoms with E-state index in [0.717, 1.165) is 26.1 Å². The van der Waals surface area contributed by atoms with E-state index in [0.29, 0.717) is 18.2 Å². The molecule has 2 rings (SSSR count). The fraction of sp³-hybridized carbons (Fsp3) is 0.625. The van der Waals surface area contributed by atoms with Crippen molar-refractivity contribution in [2.75, 3.05) is 26.7 Å². The van der Waals surface area contributed by atoms with Crippen LogP contribution in [0.2, 0.25) is 0 Å². The number of benzene rings is 1. The molecule has 0 radical (unpaired) electrons. The summed E-state index contributed by atoms with van der Waals surface area (Å²) < 4.78 is 6.97. The Morgan fingerprint density at radius 1 is 1.30 bits per heavy atom. The van der Waals surface area contributed by atoms with E-state index in [1.165, 1.54) is 10.0 Å². The third-order valence-electron chi connectivity index (χ3n) is 3.86. The van der Waals surface area contributed by atoms with Gasteiger partial charge in [-0.3, -0.25) is 4.90 Å². The first-order valence-electron chi connectivity index (χ1n) is 7.39. The minimum Gasteiger partial charge on any atom is -0.373 e. The summed E-state index contributed by atoms with van der Waals surface area (Å²) >= 11 is 3.65. The van der Waals surface area contributed by atoms with Gasteiger partial charge in [0.1, 0.15) is 0 Å². The molecule has 0 amide bonds. The van der Waals surface area contributed by atoms with Crippen molar-refractivity contribution in [3.63, 3.8) is 0 Å². The van der Waals surface area contributed by atoms with Crippen LogP contribution >= 0.6 is 15.9 Å². The summed E-state index contributed by atoms with van der Waals surface area (Å²) in [5, 5.41) is 3.43. The predicted molar refractivity (Wildman–Crippen MR) is 87.0 cm³/mol. The molecule has 1 saturated heterocycles. The summed E-state index contributed by atoms with van der Waals surface area (Å²) in [6, 6.07) is 8.85. The Balaban J connectivity index is 1.93. The van der Waals surface area contributed by atoms with E-state index in [9.17, 15) is 0 Å². The number of rotatable bonds is 5. The molecular formula is C16H25BrN2O. The fourth-order valence-corrected chi connectivity index (χ4v) is 3.55. The Hall–Kier alpha value is -0.420. The van der Waals surface area contributed by atoms with Crippen molar-refractivity contribution in [3.05, 3.63) is 34.3 Å². The second kappa shape index (κ2) is 7.55. The zero-order chi connectivity index (χ0) is 14.5. The first-order valence-corrected chi connectivity index (χ1v) is 8.19. The molecule has 1 unspecified atom stereocenters. The highest BCUT2D eigenvalue weighted by Crippen LogP contribution is 2.25. The van der Waals surface area contributed by atoms with Crippen LogP contribution < -0.4 is 5.32 Å². The lowest BCUT2D eigenvalue weighted by Crippen LogP contribution is -2.46. The lowest BCUT2D eigenvalue weighted by atomic mass is 10.0. The summed E-state index contributed by atoms with van der Waals surface area (Å²) in [5.41, 5.74) is 1.34. The average molecular weight is 341 g/mol. The van der Waals surface area contributed by atoms with E-state index in [2.05, 4.69) is 64.3 Å². The van der Waals surface area contributed by atoms with E-state index in [-0.39, 0.29) is 0 Å². The van der Waals surface area contributed by atoms with Gasteiger partial charge < -0.3 is 10.1 Å². The minimum absolute atomic E-state index is 0.343. The molecule has 0 spiro atoms. The van der Waals surface area contributed by atoms with Crippen LogP contribution in [0.5, 0.6) is 0 Å². The Labute approximate surface area is 130 Å². The van der Waals surface area contributed by atoms with Crippen LogP contribution in [0.25, 0.3) is 0 Å². The smallest absolute Gasteiger partial charge is 0.0678 e. The second-order valence-corrected chi connectivity index (χ2v) is 6.52. The molecular weight excluding hydrogens is 316 g/mol. The van der Waals surface area contributed by atoms with E-state index in [4.69, 9.17) is 4.74 Å². The van der Waals surface area contributed by atoms with Gasteiger partial charge in [-0.1, -0.05) is 34.1 Å². The summed E-state index contributed by atoms with van der Waals surface area (Å²) in [6.07, 6.45) is 1.80. The zero-order valence-corrected chi connectivity index (χ0v) is 14.2. The van der Waals surface area contributed by atoms with Gasteiger partial charge in [-0.05, 0) is 38.9 Å². The molecule has 1 fully saturated rings. The van der Waals surface area contributed by atoms with E-state index >= 15 is 0 Å². The molecule has 1 aliphatic rings. The van der Waals surface area contributed by atoms with Gasteiger partial charge in [0.05, 0.1) is 12.2 Å². The molecule has 0 aliphatic carbocycles. The quantitative estimate of drug-likeness (QED) is 0.890. The molecule has 1 N–H and O–H groups in total. The van der Waals surface area contributed by atoms with Crippen molar-refractivity contribution in [3.8, 4) is 0 Å². The maximum absolute atomic E-state index is 5.79. The van der Waals surface area contributed by atoms with Crippen LogP contribution in [-0.2, 0) is 4.74 Å². The summed E-state index contributed by atoms with van der Waals surface area (Å²) in [5.74, 6) is 0. The average Bonchev–Trinajstić information content (AvgIpc) is 2.40. The highest BCUT2D eigenvalue weighted by atomic mass is 79.9. The maximum atomic E-state index is 5.79. The molecule has 3 nitrogen and oxygen atoms in total. The predicted octanol–water partition coefficient (Wildman–Crippen LogP) is 3.21. The SMILES string of the molecule is CNC(CCN1C[C@@H](C)O[C@@H](C)C1)c1ccccc1Br. The van der Waals surface area contributed by atoms with E-state index in [1.54, 1.807) is 0 Å². The molecule has 4 heteroatoms. The number of ether oxygens (including phenoxy) is 1. The number of morpholine rings is 1. The number of hydrogen-bond acceptors (Lipinski definition) is 3. The van der Waals surface area contributed by atoms with E-state index in [1.807, 2.05) is 7.05 Å². The number of hydrogen-bond donors (Lipinski definition) is 1. The first kappa shape index (κ1) is 16.0. The van der Waals surface area contributed by atoms with Gasteiger partial charge in [-0.2, -0.15) is 0 Å². The molecule has 112 valence electrons. The fourth-order valence-electron chi connectivity index (χ4n) is 2.99. The van der Waals surface area contributed by atoms with Crippen molar-refractivity contribution < 1.29 is 4.74 Å². The molecule has 0 bridgehead atoms. The highest BCUT2D eigenvalue weighted by Gasteiger charge is 2.23. The lowest BCUT2D eigenvalue weighted by Gasteiger charge is -2.36. The third-order valence-corrected chi connectivity index (χ3v) is 4.58. The summed E-state index contributed by atoms with van der Waals surface area (Å²) in [6.45, 7) is 7.50. The highest BCUT2D eigenvalue weighted by molar-refractivity contribution is 9.10. The third kappa shape index (κ3) is 4.29. The Kier molecular flexibility index (Phi) is 6.02. The number of nitrogens with zero attached hydrogens (tertiary/aromatic N) is 1. The van der Waals surface area contributed by atoms with E-state index < -0.39 is 0 Å². The zero-order valence-electron chi connectivity index (χ0n) is 12.6. The molecule has 3 atom stereocenters. The number of halogens is 1. The van der Waals surface area contributed by atoms with Crippen LogP contribution in [-0.4, -0.2) is 43.8 Å². The molecule has 0 aromatic heterocycles. The molecule has 0 saturated carbocycles. The van der Waals surface area contributed by atoms with Gasteiger partial charge in [0.2, 0.25) is 0 Å². The standard InChI is InChI=1S/C16H25BrN2O/c1-12-10-19(11-13(2)20-12)9-8-16(18-3)14-6-4-5-7-15(14)17/h4-7,12-13,16,18H,8-11H2,1-3H3/t12-,13+,16?. The van der Waals surface area contributed by atoms with Gasteiger partial charge in [0.25, 0.3) is 0 Å². The van der Waals surface area contributed by atoms with Crippen LogP contribution in [0.4, 0.5) is 0 Å². The Morgan fingerprint density at radius 3 is 2.55 bits per heavy atom. The van der Waals surface area contributed by atoms with Gasteiger partial charge >= 0.3 is 0 Å². The molecule has 1 aromatic carbocycles. The number of nitrogens with one attached hydrogen (secondary N) is 1. The monoisotopic (exact) mass is 340 g/mol. The van der Waals surface area contributed by atoms with Crippen molar-refractivity contribution in [1.82, 2.24) is 10.2 Å². The molecule has 1 heterocycles. The van der Waals surface area contributed by atoms with Crippen LogP contribution in [0.15, 0.2) is 28.7 Å². The van der Waals surface area contributed by atoms with Crippen molar-refractivity contribution in [2.24, 2.45) is 0 Å². The topological polar surface area (TPSA) is 24.5 Å². The van der Waals surface area contributed by atoms with Gasteiger partial charge in [0, 0.05) is 30.1 Å². The van der Waals surface area contributed by atoms with Crippen LogP contribution in [0.3, 0.4) is 0 Å². The molecule has 1 aromatic rings. The van der Waals surface area contributed by atoms with Crippen molar-refractivity contribution in [1.29, 1.82) is 0 Å². The largest absolute Gasteiger partial charge is 0.373 e. The Morgan fingerprint density at radius 2 is 1.95 bits per heavy atom. The summed E-state index contributed by atoms with van der Waals surface area (Å²) in [4.78, 5) is 2.51.